The lowest BCUT2D eigenvalue weighted by Gasteiger charge is -2.24. The predicted molar refractivity (Wildman–Crippen MR) is 56.5 cm³/mol. The van der Waals surface area contributed by atoms with Crippen molar-refractivity contribution in [2.45, 2.75) is 24.8 Å². The molecule has 0 heterocycles. The van der Waals surface area contributed by atoms with E-state index in [4.69, 9.17) is 24.9 Å². The van der Waals surface area contributed by atoms with Gasteiger partial charge in [-0.3, -0.25) is 4.79 Å². The number of hydrogen-bond acceptors (Lipinski definition) is 4. The Morgan fingerprint density at radius 2 is 1.71 bits per heavy atom. The maximum atomic E-state index is 10.9. The fourth-order valence-corrected chi connectivity index (χ4v) is 3.11. The van der Waals surface area contributed by atoms with Gasteiger partial charge in [0.25, 0.3) is 0 Å². The number of carbonyl (C=O) groups is 1. The van der Waals surface area contributed by atoms with Crippen LogP contribution < -0.4 is 0 Å². The third kappa shape index (κ3) is 4.06. The van der Waals surface area contributed by atoms with Gasteiger partial charge in [0, 0.05) is 27.4 Å². The molecule has 0 rings (SSSR count). The Morgan fingerprint density at radius 1 is 1.29 bits per heavy atom. The van der Waals surface area contributed by atoms with Gasteiger partial charge in [-0.2, -0.15) is 0 Å². The maximum Gasteiger partial charge on any atom is 0.500 e. The molecule has 0 aromatic carbocycles. The fraction of sp³-hybridized carbons (Fsp3) is 0.875. The van der Waals surface area contributed by atoms with Gasteiger partial charge in [0.2, 0.25) is 0 Å². The molecule has 0 fully saturated rings. The molecule has 0 aromatic heterocycles. The zero-order valence-electron chi connectivity index (χ0n) is 9.00. The van der Waals surface area contributed by atoms with Crippen molar-refractivity contribution in [3.05, 3.63) is 0 Å². The summed E-state index contributed by atoms with van der Waals surface area (Å²) >= 11 is 5.80. The topological polar surface area (TPSA) is 44.8 Å². The molecular weight excluding hydrogens is 224 g/mol. The van der Waals surface area contributed by atoms with Gasteiger partial charge in [0.15, 0.2) is 0 Å². The second-order valence-corrected chi connectivity index (χ2v) is 6.53. The van der Waals surface area contributed by atoms with E-state index in [0.29, 0.717) is 12.5 Å². The van der Waals surface area contributed by atoms with E-state index in [1.165, 1.54) is 28.3 Å². The lowest BCUT2D eigenvalue weighted by molar-refractivity contribution is -0.116. The van der Waals surface area contributed by atoms with Crippen molar-refractivity contribution in [3.8, 4) is 0 Å². The molecule has 0 N–H and O–H groups in total. The summed E-state index contributed by atoms with van der Waals surface area (Å²) in [4.78, 5) is 10.9. The van der Waals surface area contributed by atoms with Crippen LogP contribution >= 0.6 is 11.6 Å². The van der Waals surface area contributed by atoms with Crippen LogP contribution in [-0.4, -0.2) is 41.3 Å². The van der Waals surface area contributed by atoms with Gasteiger partial charge >= 0.3 is 8.80 Å². The Hall–Kier alpha value is 0.0569. The Bertz CT molecular complexity index is 176. The quantitative estimate of drug-likeness (QED) is 0.499. The van der Waals surface area contributed by atoms with Gasteiger partial charge in [-0.15, -0.1) is 11.6 Å². The molecule has 4 nitrogen and oxygen atoms in total. The highest BCUT2D eigenvalue weighted by Gasteiger charge is 2.38. The lowest BCUT2D eigenvalue weighted by atomic mass is 10.2. The largest absolute Gasteiger partial charge is 0.500 e. The predicted octanol–water partition coefficient (Wildman–Crippen LogP) is 1.45. The minimum absolute atomic E-state index is 0.0436. The average molecular weight is 241 g/mol. The van der Waals surface area contributed by atoms with Crippen LogP contribution in [0.5, 0.6) is 0 Å². The minimum Gasteiger partial charge on any atom is -0.377 e. The van der Waals surface area contributed by atoms with Gasteiger partial charge in [-0.05, 0) is 13.3 Å². The highest BCUT2D eigenvalue weighted by molar-refractivity contribution is 6.60. The van der Waals surface area contributed by atoms with Crippen molar-refractivity contribution in [3.63, 3.8) is 0 Å². The van der Waals surface area contributed by atoms with E-state index in [2.05, 4.69) is 0 Å². The number of carbonyl (C=O) groups excluding carboxylic acids is 1. The third-order valence-corrected chi connectivity index (χ3v) is 5.37. The monoisotopic (exact) mass is 240 g/mol. The Kier molecular flexibility index (Phi) is 6.55. The normalized spacial score (nSPS) is 14.1. The van der Waals surface area contributed by atoms with Crippen LogP contribution in [0.15, 0.2) is 0 Å². The molecule has 14 heavy (non-hydrogen) atoms. The van der Waals surface area contributed by atoms with E-state index in [1.807, 2.05) is 0 Å². The Balaban J connectivity index is 4.12. The molecule has 0 spiro atoms. The summed E-state index contributed by atoms with van der Waals surface area (Å²) in [6.45, 7) is 1.47. The molecule has 1 unspecified atom stereocenters. The van der Waals surface area contributed by atoms with Gasteiger partial charge < -0.3 is 13.3 Å². The van der Waals surface area contributed by atoms with Crippen molar-refractivity contribution < 1.29 is 18.1 Å². The van der Waals surface area contributed by atoms with Gasteiger partial charge in [-0.25, -0.2) is 0 Å². The van der Waals surface area contributed by atoms with Crippen LogP contribution in [-0.2, 0) is 18.1 Å². The zero-order chi connectivity index (χ0) is 11.2. The molecule has 0 saturated carbocycles. The molecular formula is C8H17ClO4Si. The first-order valence-electron chi connectivity index (χ1n) is 4.31. The third-order valence-electron chi connectivity index (χ3n) is 2.08. The number of hydrogen-bond donors (Lipinski definition) is 0. The zero-order valence-corrected chi connectivity index (χ0v) is 10.8. The summed E-state index contributed by atoms with van der Waals surface area (Å²) in [7, 11) is 2.05. The molecule has 6 heteroatoms. The fourth-order valence-electron chi connectivity index (χ4n) is 1.06. The molecule has 0 aliphatic carbocycles. The van der Waals surface area contributed by atoms with E-state index in [0.717, 1.165) is 0 Å². The summed E-state index contributed by atoms with van der Waals surface area (Å²) in [6.07, 6.45) is 0.513. The molecule has 84 valence electrons. The van der Waals surface area contributed by atoms with Crippen LogP contribution in [0, 0.1) is 0 Å². The minimum atomic E-state index is -2.56. The number of Topliss-reactive ketones (excluding diaryl/α,β-unsaturated/α-hetero) is 1. The average Bonchev–Trinajstić information content (AvgIpc) is 2.20. The first-order chi connectivity index (χ1) is 6.51. The van der Waals surface area contributed by atoms with E-state index >= 15 is 0 Å². The lowest BCUT2D eigenvalue weighted by Crippen LogP contribution is -2.43. The van der Waals surface area contributed by atoms with Crippen molar-refractivity contribution in [2.24, 2.45) is 0 Å². The van der Waals surface area contributed by atoms with Crippen molar-refractivity contribution in [2.75, 3.05) is 21.3 Å². The summed E-state index contributed by atoms with van der Waals surface area (Å²) in [6, 6.07) is 0.546. The molecule has 0 saturated heterocycles. The number of halogens is 1. The van der Waals surface area contributed by atoms with Crippen LogP contribution in [0.2, 0.25) is 6.04 Å². The van der Waals surface area contributed by atoms with Crippen LogP contribution in [0.1, 0.15) is 13.3 Å². The van der Waals surface area contributed by atoms with Crippen molar-refractivity contribution >= 4 is 26.2 Å². The summed E-state index contributed by atoms with van der Waals surface area (Å²) in [5.74, 6) is -0.0436. The Labute approximate surface area is 90.9 Å². The molecule has 0 aliphatic heterocycles. The summed E-state index contributed by atoms with van der Waals surface area (Å²) in [5, 5.41) is -0.484. The smallest absolute Gasteiger partial charge is 0.377 e. The summed E-state index contributed by atoms with van der Waals surface area (Å²) in [5.41, 5.74) is 0. The second kappa shape index (κ2) is 6.52. The van der Waals surface area contributed by atoms with E-state index in [-0.39, 0.29) is 5.78 Å². The van der Waals surface area contributed by atoms with E-state index in [9.17, 15) is 4.79 Å². The van der Waals surface area contributed by atoms with Crippen LogP contribution in [0.3, 0.4) is 0 Å². The molecule has 0 aliphatic rings. The highest BCUT2D eigenvalue weighted by atomic mass is 35.5. The van der Waals surface area contributed by atoms with Crippen LogP contribution in [0.4, 0.5) is 0 Å². The number of alkyl halides is 1. The van der Waals surface area contributed by atoms with Crippen molar-refractivity contribution in [1.82, 2.24) is 0 Å². The molecule has 1 atom stereocenters. The number of ketones is 1. The van der Waals surface area contributed by atoms with E-state index < -0.39 is 14.2 Å². The van der Waals surface area contributed by atoms with Crippen molar-refractivity contribution in [1.29, 1.82) is 0 Å². The van der Waals surface area contributed by atoms with E-state index in [1.54, 1.807) is 0 Å². The second-order valence-electron chi connectivity index (χ2n) is 2.91. The molecule has 0 bridgehead atoms. The Morgan fingerprint density at radius 3 is 2.00 bits per heavy atom. The highest BCUT2D eigenvalue weighted by Crippen LogP contribution is 2.18. The summed E-state index contributed by atoms with van der Waals surface area (Å²) < 4.78 is 15.6. The van der Waals surface area contributed by atoms with Gasteiger partial charge in [-0.1, -0.05) is 0 Å². The van der Waals surface area contributed by atoms with Gasteiger partial charge in [0.1, 0.15) is 5.78 Å². The SMILES string of the molecule is CO[Si](CCC(Cl)C(C)=O)(OC)OC. The van der Waals surface area contributed by atoms with Crippen LogP contribution in [0.25, 0.3) is 0 Å². The first kappa shape index (κ1) is 14.1. The number of rotatable bonds is 7. The maximum absolute atomic E-state index is 10.9. The molecule has 0 amide bonds. The molecule has 0 radical (unpaired) electrons. The standard InChI is InChI=1S/C8H17ClO4Si/c1-7(10)8(9)5-6-14(11-2,12-3)13-4/h8H,5-6H2,1-4H3. The molecule has 0 aromatic rings. The van der Waals surface area contributed by atoms with Gasteiger partial charge in [0.05, 0.1) is 5.38 Å². The first-order valence-corrected chi connectivity index (χ1v) is 6.68.